The smallest absolute Gasteiger partial charge is 0.323 e. The molecule has 63 heavy (non-hydrogen) atoms. The lowest BCUT2D eigenvalue weighted by atomic mass is 9.95. The van der Waals surface area contributed by atoms with Gasteiger partial charge in [-0.2, -0.15) is 0 Å². The van der Waals surface area contributed by atoms with Gasteiger partial charge in [0.05, 0.1) is 4.53 Å². The van der Waals surface area contributed by atoms with Gasteiger partial charge in [0.25, 0.3) is 11.5 Å². The average Bonchev–Trinajstić information content (AvgIpc) is 4.03. The number of unbranched alkanes of at least 4 members (excludes halogenated alkanes) is 7. The molecule has 0 bridgehead atoms. The lowest BCUT2D eigenvalue weighted by Crippen LogP contribution is -2.35. The van der Waals surface area contributed by atoms with Crippen molar-refractivity contribution in [2.45, 2.75) is 95.6 Å². The molecule has 2 aliphatic heterocycles. The van der Waals surface area contributed by atoms with Gasteiger partial charge in [0.2, 0.25) is 0 Å². The molecule has 0 spiro atoms. The third kappa shape index (κ3) is 10.1. The predicted octanol–water partition coefficient (Wildman–Crippen LogP) is 9.76. The topological polar surface area (TPSA) is 120 Å². The minimum Gasteiger partial charge on any atom is -0.481 e. The number of benzene rings is 4. The summed E-state index contributed by atoms with van der Waals surface area (Å²) in [6, 6.07) is 36.4. The van der Waals surface area contributed by atoms with Crippen LogP contribution < -0.4 is 19.7 Å². The number of aromatic nitrogens is 1. The first kappa shape index (κ1) is 44.1. The minimum absolute atomic E-state index is 0.218. The SMILES string of the molecule is O=C(O)CCCCCCCCCCN1C(=O)/C(=c2\s/c(=C\c3ccc4c(c3)C3CCCC3N4c3ccc(C=C(c4ccccc4)c4ccccc4)cc3)c(=O)n2CC(=O)O)SC1=S. The van der Waals surface area contributed by atoms with Gasteiger partial charge in [-0.15, -0.1) is 11.3 Å². The first-order chi connectivity index (χ1) is 30.7. The fourth-order valence-corrected chi connectivity index (χ4v) is 11.8. The van der Waals surface area contributed by atoms with Crippen LogP contribution in [0.4, 0.5) is 11.4 Å². The zero-order chi connectivity index (χ0) is 43.9. The lowest BCUT2D eigenvalue weighted by molar-refractivity contribution is -0.138. The summed E-state index contributed by atoms with van der Waals surface area (Å²) < 4.78 is 2.29. The van der Waals surface area contributed by atoms with Crippen molar-refractivity contribution in [3.63, 3.8) is 0 Å². The monoisotopic (exact) mass is 897 g/mol. The highest BCUT2D eigenvalue weighted by Crippen LogP contribution is 2.52. The van der Waals surface area contributed by atoms with E-state index in [0.29, 0.717) is 43.3 Å². The molecule has 1 aromatic heterocycles. The van der Waals surface area contributed by atoms with Crippen LogP contribution in [-0.4, -0.2) is 54.4 Å². The fourth-order valence-electron chi connectivity index (χ4n) is 9.21. The maximum absolute atomic E-state index is 13.9. The van der Waals surface area contributed by atoms with E-state index in [9.17, 15) is 24.3 Å². The molecule has 12 heteroatoms. The molecule has 1 aliphatic carbocycles. The molecular formula is C51H51N3O6S3. The normalized spacial score (nSPS) is 17.9. The standard InChI is InChI=1S/C51H51N3O6S3/c55-45(56)22-13-5-3-1-2-4-6-14-29-52-49(60)47(63-51(52)61)50-53(33-46(57)58)48(59)44(62-50)32-35-25-28-43-41(31-35)39-20-15-21-42(39)54(43)38-26-23-34(24-27-38)30-40(36-16-9-7-10-17-36)37-18-11-8-12-19-37/h7-12,16-19,23-28,30-32,39,42H,1-6,13-15,20-22,29,33H2,(H,55,56)(H,57,58)/b44-32-,50-47+. The van der Waals surface area contributed by atoms with Crippen molar-refractivity contribution in [1.82, 2.24) is 9.47 Å². The van der Waals surface area contributed by atoms with Crippen molar-refractivity contribution < 1.29 is 24.6 Å². The molecule has 2 N–H and O–H groups in total. The number of thioether (sulfide) groups is 1. The van der Waals surface area contributed by atoms with Crippen LogP contribution in [0.5, 0.6) is 0 Å². The van der Waals surface area contributed by atoms with E-state index in [1.165, 1.54) is 21.4 Å². The number of aliphatic carboxylic acids is 2. The van der Waals surface area contributed by atoms with Crippen LogP contribution in [0.25, 0.3) is 22.6 Å². The van der Waals surface area contributed by atoms with Gasteiger partial charge in [-0.3, -0.25) is 28.6 Å². The molecule has 0 radical (unpaired) electrons. The van der Waals surface area contributed by atoms with E-state index < -0.39 is 24.0 Å². The predicted molar refractivity (Wildman–Crippen MR) is 259 cm³/mol. The molecule has 4 aromatic carbocycles. The molecule has 3 aliphatic rings. The Kier molecular flexibility index (Phi) is 14.2. The fraction of sp³-hybridized carbons (Fsp3) is 0.314. The second kappa shape index (κ2) is 20.3. The Balaban J connectivity index is 1.01. The third-order valence-electron chi connectivity index (χ3n) is 12.2. The number of carboxylic acids is 2. The summed E-state index contributed by atoms with van der Waals surface area (Å²) in [4.78, 5) is 54.7. The number of hydrogen-bond acceptors (Lipinski definition) is 8. The summed E-state index contributed by atoms with van der Waals surface area (Å²) in [6.07, 6.45) is 15.1. The summed E-state index contributed by atoms with van der Waals surface area (Å²) in [5.41, 5.74) is 8.59. The van der Waals surface area contributed by atoms with E-state index >= 15 is 0 Å². The molecule has 2 atom stereocenters. The number of rotatable bonds is 18. The van der Waals surface area contributed by atoms with Crippen LogP contribution >= 0.6 is 35.3 Å². The second-order valence-corrected chi connectivity index (χ2v) is 19.2. The largest absolute Gasteiger partial charge is 0.481 e. The van der Waals surface area contributed by atoms with E-state index in [0.717, 1.165) is 115 Å². The Bertz CT molecular complexity index is 2670. The average molecular weight is 898 g/mol. The Morgan fingerprint density at radius 2 is 1.38 bits per heavy atom. The highest BCUT2D eigenvalue weighted by atomic mass is 32.2. The van der Waals surface area contributed by atoms with Crippen molar-refractivity contribution in [3.8, 4) is 0 Å². The highest BCUT2D eigenvalue weighted by Gasteiger charge is 2.42. The van der Waals surface area contributed by atoms with Crippen molar-refractivity contribution in [2.75, 3.05) is 11.4 Å². The Morgan fingerprint density at radius 1 is 0.746 bits per heavy atom. The van der Waals surface area contributed by atoms with Gasteiger partial charge in [-0.25, -0.2) is 0 Å². The molecule has 3 heterocycles. The molecule has 324 valence electrons. The van der Waals surface area contributed by atoms with Crippen LogP contribution in [0.15, 0.2) is 108 Å². The minimum atomic E-state index is -1.16. The molecule has 1 saturated heterocycles. The van der Waals surface area contributed by atoms with E-state index in [4.69, 9.17) is 17.3 Å². The van der Waals surface area contributed by atoms with E-state index in [1.807, 2.05) is 24.3 Å². The maximum atomic E-state index is 13.9. The summed E-state index contributed by atoms with van der Waals surface area (Å²) in [5.74, 6) is -1.86. The van der Waals surface area contributed by atoms with Crippen molar-refractivity contribution in [2.24, 2.45) is 0 Å². The van der Waals surface area contributed by atoms with Crippen LogP contribution in [-0.2, 0) is 20.9 Å². The number of carbonyl (C=O) groups is 3. The molecular weight excluding hydrogens is 847 g/mol. The van der Waals surface area contributed by atoms with E-state index in [2.05, 4.69) is 95.9 Å². The van der Waals surface area contributed by atoms with Gasteiger partial charge in [0.15, 0.2) is 0 Å². The number of thiazole rings is 1. The zero-order valence-corrected chi connectivity index (χ0v) is 37.6. The number of thiocarbonyl (C=S) groups is 1. The van der Waals surface area contributed by atoms with Gasteiger partial charge in [-0.1, -0.05) is 148 Å². The number of carboxylic acid groups (broad SMARTS) is 2. The third-order valence-corrected chi connectivity index (χ3v) is 14.9. The van der Waals surface area contributed by atoms with E-state index in [1.54, 1.807) is 4.90 Å². The first-order valence-electron chi connectivity index (χ1n) is 21.9. The second-order valence-electron chi connectivity index (χ2n) is 16.5. The Hall–Kier alpha value is -5.56. The summed E-state index contributed by atoms with van der Waals surface area (Å²) in [5, 5.41) is 18.6. The molecule has 1 saturated carbocycles. The van der Waals surface area contributed by atoms with Gasteiger partial charge < -0.3 is 15.1 Å². The molecule has 1 amide bonds. The summed E-state index contributed by atoms with van der Waals surface area (Å²) in [7, 11) is 0. The molecule has 8 rings (SSSR count). The van der Waals surface area contributed by atoms with Gasteiger partial charge in [-0.05, 0) is 95.5 Å². The molecule has 2 fully saturated rings. The van der Waals surface area contributed by atoms with E-state index in [-0.39, 0.29) is 12.3 Å². The van der Waals surface area contributed by atoms with Crippen LogP contribution in [0.2, 0.25) is 0 Å². The lowest BCUT2D eigenvalue weighted by Gasteiger charge is -2.27. The number of fused-ring (bicyclic) bond motifs is 3. The zero-order valence-electron chi connectivity index (χ0n) is 35.1. The van der Waals surface area contributed by atoms with Crippen LogP contribution in [0, 0.1) is 0 Å². The Labute approximate surface area is 381 Å². The maximum Gasteiger partial charge on any atom is 0.323 e. The summed E-state index contributed by atoms with van der Waals surface area (Å²) >= 11 is 7.90. The van der Waals surface area contributed by atoms with Crippen molar-refractivity contribution in [1.29, 1.82) is 0 Å². The molecule has 9 nitrogen and oxygen atoms in total. The summed E-state index contributed by atoms with van der Waals surface area (Å²) in [6.45, 7) is -0.102. The highest BCUT2D eigenvalue weighted by molar-refractivity contribution is 8.30. The van der Waals surface area contributed by atoms with Crippen molar-refractivity contribution in [3.05, 3.63) is 150 Å². The Morgan fingerprint density at radius 3 is 2.03 bits per heavy atom. The molecule has 2 unspecified atom stereocenters. The number of anilines is 2. The number of carbonyl (C=O) groups excluding carboxylic acids is 1. The van der Waals surface area contributed by atoms with Crippen molar-refractivity contribution >= 4 is 91.5 Å². The van der Waals surface area contributed by atoms with Crippen LogP contribution in [0.1, 0.15) is 111 Å². The number of hydrogen-bond donors (Lipinski definition) is 2. The quantitative estimate of drug-likeness (QED) is 0.0504. The first-order valence-corrected chi connectivity index (χ1v) is 24.0. The number of amides is 1. The van der Waals surface area contributed by atoms with Crippen LogP contribution in [0.3, 0.4) is 0 Å². The molecule has 5 aromatic rings. The van der Waals surface area contributed by atoms with Gasteiger partial charge >= 0.3 is 11.9 Å². The number of nitrogens with zero attached hydrogens (tertiary/aromatic N) is 3. The van der Waals surface area contributed by atoms with Gasteiger partial charge in [0.1, 0.15) is 20.4 Å². The van der Waals surface area contributed by atoms with Gasteiger partial charge in [0, 0.05) is 36.3 Å².